The summed E-state index contributed by atoms with van der Waals surface area (Å²) < 4.78 is 5.11. The fraction of sp³-hybridized carbons (Fsp3) is 1.00. The van der Waals surface area contributed by atoms with Gasteiger partial charge in [-0.1, -0.05) is 13.8 Å². The van der Waals surface area contributed by atoms with E-state index in [1.807, 2.05) is 13.8 Å². The highest BCUT2D eigenvalue weighted by molar-refractivity contribution is 4.91. The van der Waals surface area contributed by atoms with Crippen molar-refractivity contribution < 1.29 is 20.1 Å². The van der Waals surface area contributed by atoms with Gasteiger partial charge in [0, 0.05) is 5.92 Å². The fourth-order valence-corrected chi connectivity index (χ4v) is 1.99. The molecule has 1 rings (SSSR count). The second-order valence-electron chi connectivity index (χ2n) is 4.14. The van der Waals surface area contributed by atoms with Crippen molar-refractivity contribution in [2.24, 2.45) is 17.6 Å². The van der Waals surface area contributed by atoms with Crippen molar-refractivity contribution in [2.45, 2.75) is 38.4 Å². The Labute approximate surface area is 83.5 Å². The molecule has 1 saturated heterocycles. The Kier molecular flexibility index (Phi) is 3.86. The molecule has 84 valence electrons. The van der Waals surface area contributed by atoms with Gasteiger partial charge in [0.25, 0.3) is 0 Å². The first kappa shape index (κ1) is 11.9. The number of ether oxygens (including phenoxy) is 1. The third-order valence-corrected chi connectivity index (χ3v) is 2.81. The zero-order chi connectivity index (χ0) is 10.9. The fourth-order valence-electron chi connectivity index (χ4n) is 1.99. The number of nitrogens with two attached hydrogens (primary N) is 1. The number of rotatable bonds is 2. The maximum Gasteiger partial charge on any atom is 0.172 e. The highest BCUT2D eigenvalue weighted by atomic mass is 16.6. The van der Waals surface area contributed by atoms with Crippen LogP contribution >= 0.6 is 0 Å². The van der Waals surface area contributed by atoms with Gasteiger partial charge in [-0.3, -0.25) is 0 Å². The quantitative estimate of drug-likeness (QED) is 0.447. The van der Waals surface area contributed by atoms with Crippen molar-refractivity contribution in [1.29, 1.82) is 0 Å². The second kappa shape index (κ2) is 4.55. The van der Waals surface area contributed by atoms with E-state index in [0.29, 0.717) is 0 Å². The van der Waals surface area contributed by atoms with Crippen LogP contribution in [0.1, 0.15) is 13.8 Å². The van der Waals surface area contributed by atoms with Gasteiger partial charge in [-0.2, -0.15) is 0 Å². The number of aliphatic hydroxyl groups is 3. The minimum atomic E-state index is -1.20. The van der Waals surface area contributed by atoms with Crippen LogP contribution in [0.5, 0.6) is 0 Å². The summed E-state index contributed by atoms with van der Waals surface area (Å²) in [5.41, 5.74) is 5.56. The maximum absolute atomic E-state index is 9.80. The Morgan fingerprint density at radius 2 is 1.93 bits per heavy atom. The Morgan fingerprint density at radius 3 is 2.36 bits per heavy atom. The van der Waals surface area contributed by atoms with E-state index in [4.69, 9.17) is 15.6 Å². The third-order valence-electron chi connectivity index (χ3n) is 2.81. The topological polar surface area (TPSA) is 95.9 Å². The van der Waals surface area contributed by atoms with E-state index >= 15 is 0 Å². The average molecular weight is 205 g/mol. The molecule has 0 amide bonds. The Morgan fingerprint density at radius 1 is 1.36 bits per heavy atom. The SMILES string of the molecule is CC(C)C1C(CO)OC(O)C(N)C1O. The summed E-state index contributed by atoms with van der Waals surface area (Å²) in [7, 11) is 0. The molecule has 1 aliphatic heterocycles. The van der Waals surface area contributed by atoms with Crippen molar-refractivity contribution in [3.8, 4) is 0 Å². The summed E-state index contributed by atoms with van der Waals surface area (Å²) in [6.45, 7) is 3.62. The minimum absolute atomic E-state index is 0.140. The largest absolute Gasteiger partial charge is 0.394 e. The van der Waals surface area contributed by atoms with Crippen LogP contribution in [0.2, 0.25) is 0 Å². The number of aliphatic hydroxyl groups excluding tert-OH is 3. The molecule has 0 aliphatic carbocycles. The van der Waals surface area contributed by atoms with Crippen molar-refractivity contribution >= 4 is 0 Å². The molecule has 0 aromatic heterocycles. The van der Waals surface area contributed by atoms with Crippen LogP contribution in [-0.2, 0) is 4.74 Å². The normalized spacial score (nSPS) is 44.4. The van der Waals surface area contributed by atoms with Gasteiger partial charge in [-0.25, -0.2) is 0 Å². The molecule has 1 heterocycles. The van der Waals surface area contributed by atoms with Crippen molar-refractivity contribution in [1.82, 2.24) is 0 Å². The average Bonchev–Trinajstić information content (AvgIpc) is 2.12. The summed E-state index contributed by atoms with van der Waals surface area (Å²) in [5, 5.41) is 28.2. The molecule has 5 N–H and O–H groups in total. The summed E-state index contributed by atoms with van der Waals surface area (Å²) >= 11 is 0. The van der Waals surface area contributed by atoms with Crippen LogP contribution in [0, 0.1) is 11.8 Å². The standard InChI is InChI=1S/C9H19NO4/c1-4(2)6-5(3-11)14-9(13)7(10)8(6)12/h4-9,11-13H,3,10H2,1-2H3. The molecule has 0 saturated carbocycles. The molecule has 1 fully saturated rings. The van der Waals surface area contributed by atoms with Gasteiger partial charge in [-0.15, -0.1) is 0 Å². The minimum Gasteiger partial charge on any atom is -0.394 e. The lowest BCUT2D eigenvalue weighted by atomic mass is 9.80. The van der Waals surface area contributed by atoms with Crippen LogP contribution in [0.4, 0.5) is 0 Å². The van der Waals surface area contributed by atoms with Gasteiger partial charge in [0.1, 0.15) is 0 Å². The number of hydrogen-bond donors (Lipinski definition) is 4. The third kappa shape index (κ3) is 2.07. The first-order valence-electron chi connectivity index (χ1n) is 4.87. The smallest absolute Gasteiger partial charge is 0.172 e. The first-order valence-corrected chi connectivity index (χ1v) is 4.87. The molecule has 0 spiro atoms. The van der Waals surface area contributed by atoms with Gasteiger partial charge < -0.3 is 25.8 Å². The molecular formula is C9H19NO4. The lowest BCUT2D eigenvalue weighted by Crippen LogP contribution is -2.60. The zero-order valence-electron chi connectivity index (χ0n) is 8.50. The molecule has 1 aliphatic rings. The van der Waals surface area contributed by atoms with Gasteiger partial charge in [0.2, 0.25) is 0 Å². The summed E-state index contributed by atoms with van der Waals surface area (Å²) in [4.78, 5) is 0. The molecule has 5 atom stereocenters. The summed E-state index contributed by atoms with van der Waals surface area (Å²) in [6, 6.07) is -0.801. The lowest BCUT2D eigenvalue weighted by molar-refractivity contribution is -0.239. The van der Waals surface area contributed by atoms with Crippen LogP contribution in [0.25, 0.3) is 0 Å². The molecule has 0 bridgehead atoms. The summed E-state index contributed by atoms with van der Waals surface area (Å²) in [6.07, 6.45) is -2.58. The Balaban J connectivity index is 2.78. The molecule has 14 heavy (non-hydrogen) atoms. The highest BCUT2D eigenvalue weighted by Crippen LogP contribution is 2.29. The van der Waals surface area contributed by atoms with E-state index in [1.54, 1.807) is 0 Å². The van der Waals surface area contributed by atoms with Gasteiger partial charge >= 0.3 is 0 Å². The van der Waals surface area contributed by atoms with Crippen LogP contribution < -0.4 is 5.73 Å². The van der Waals surface area contributed by atoms with E-state index < -0.39 is 24.5 Å². The van der Waals surface area contributed by atoms with Crippen LogP contribution in [0.3, 0.4) is 0 Å². The molecule has 5 nitrogen and oxygen atoms in total. The van der Waals surface area contributed by atoms with E-state index in [-0.39, 0.29) is 18.4 Å². The molecule has 0 aromatic carbocycles. The Hall–Kier alpha value is -0.200. The number of hydrogen-bond acceptors (Lipinski definition) is 5. The van der Waals surface area contributed by atoms with E-state index in [0.717, 1.165) is 0 Å². The van der Waals surface area contributed by atoms with Gasteiger partial charge in [-0.05, 0) is 5.92 Å². The van der Waals surface area contributed by atoms with Crippen LogP contribution in [-0.4, -0.2) is 46.5 Å². The van der Waals surface area contributed by atoms with Crippen molar-refractivity contribution in [2.75, 3.05) is 6.61 Å². The van der Waals surface area contributed by atoms with Gasteiger partial charge in [0.15, 0.2) is 6.29 Å². The molecular weight excluding hydrogens is 186 g/mol. The van der Waals surface area contributed by atoms with Gasteiger partial charge in [0.05, 0.1) is 24.9 Å². The lowest BCUT2D eigenvalue weighted by Gasteiger charge is -2.42. The van der Waals surface area contributed by atoms with Crippen LogP contribution in [0.15, 0.2) is 0 Å². The zero-order valence-corrected chi connectivity index (χ0v) is 8.50. The van der Waals surface area contributed by atoms with Crippen molar-refractivity contribution in [3.05, 3.63) is 0 Å². The molecule has 0 aromatic rings. The molecule has 0 radical (unpaired) electrons. The second-order valence-corrected chi connectivity index (χ2v) is 4.14. The van der Waals surface area contributed by atoms with Crippen molar-refractivity contribution in [3.63, 3.8) is 0 Å². The Bertz CT molecular complexity index is 186. The van der Waals surface area contributed by atoms with E-state index in [9.17, 15) is 10.2 Å². The predicted molar refractivity (Wildman–Crippen MR) is 50.3 cm³/mol. The highest BCUT2D eigenvalue weighted by Gasteiger charge is 2.43. The predicted octanol–water partition coefficient (Wildman–Crippen LogP) is -1.34. The maximum atomic E-state index is 9.80. The molecule has 5 heteroatoms. The van der Waals surface area contributed by atoms with E-state index in [2.05, 4.69) is 0 Å². The monoisotopic (exact) mass is 205 g/mol. The molecule has 5 unspecified atom stereocenters. The first-order chi connectivity index (χ1) is 6.49. The van der Waals surface area contributed by atoms with E-state index in [1.165, 1.54) is 0 Å². The summed E-state index contributed by atoms with van der Waals surface area (Å²) in [5.74, 6) is -0.0981.